The lowest BCUT2D eigenvalue weighted by atomic mass is 10.0. The van der Waals surface area contributed by atoms with E-state index in [1.165, 1.54) is 96.3 Å². The zero-order valence-corrected chi connectivity index (χ0v) is 19.8. The number of rotatable bonds is 24. The van der Waals surface area contributed by atoms with Gasteiger partial charge in [-0.2, -0.15) is 0 Å². The third kappa shape index (κ3) is 19.5. The summed E-state index contributed by atoms with van der Waals surface area (Å²) in [7, 11) is 0. The van der Waals surface area contributed by atoms with Crippen molar-refractivity contribution in [1.82, 2.24) is 4.90 Å². The molecule has 0 fully saturated rings. The van der Waals surface area contributed by atoms with E-state index in [0.29, 0.717) is 19.1 Å². The molecule has 176 valence electrons. The lowest BCUT2D eigenvalue weighted by molar-refractivity contribution is 0.118. The minimum Gasteiger partial charge on any atom is -0.396 e. The minimum absolute atomic E-state index is 0.186. The first-order valence-electron chi connectivity index (χ1n) is 13.0. The fourth-order valence-corrected chi connectivity index (χ4v) is 4.31. The summed E-state index contributed by atoms with van der Waals surface area (Å²) in [5.41, 5.74) is 5.64. The lowest BCUT2D eigenvalue weighted by Gasteiger charge is -2.31. The second kappa shape index (κ2) is 24.1. The molecule has 0 saturated heterocycles. The summed E-state index contributed by atoms with van der Waals surface area (Å²) >= 11 is 0. The van der Waals surface area contributed by atoms with Gasteiger partial charge < -0.3 is 15.9 Å². The van der Waals surface area contributed by atoms with Crippen LogP contribution in [-0.2, 0) is 0 Å². The van der Waals surface area contributed by atoms with Gasteiger partial charge in [-0.15, -0.1) is 0 Å². The zero-order chi connectivity index (χ0) is 21.4. The van der Waals surface area contributed by atoms with Gasteiger partial charge in [0.2, 0.25) is 0 Å². The number of hydrogen-bond acceptors (Lipinski definition) is 4. The Hall–Kier alpha value is -0.160. The normalized spacial score (nSPS) is 12.7. The fourth-order valence-electron chi connectivity index (χ4n) is 4.31. The van der Waals surface area contributed by atoms with Crippen molar-refractivity contribution in [1.29, 1.82) is 0 Å². The van der Waals surface area contributed by atoms with Crippen LogP contribution in [0.25, 0.3) is 0 Å². The molecule has 1 unspecified atom stereocenters. The van der Waals surface area contributed by atoms with Gasteiger partial charge in [0, 0.05) is 19.2 Å². The Morgan fingerprint density at radius 3 is 1.48 bits per heavy atom. The molecule has 0 aliphatic heterocycles. The van der Waals surface area contributed by atoms with Gasteiger partial charge in [-0.05, 0) is 32.4 Å². The molecule has 0 aliphatic carbocycles. The summed E-state index contributed by atoms with van der Waals surface area (Å²) in [6, 6.07) is 0.390. The highest BCUT2D eigenvalue weighted by Gasteiger charge is 2.16. The van der Waals surface area contributed by atoms with Crippen LogP contribution in [0.3, 0.4) is 0 Å². The molecule has 4 nitrogen and oxygen atoms in total. The summed E-state index contributed by atoms with van der Waals surface area (Å²) < 4.78 is 0. The van der Waals surface area contributed by atoms with Gasteiger partial charge >= 0.3 is 0 Å². The standard InChI is InChI=1S/C25H54N2O2/c1-2-3-4-5-6-7-8-9-10-11-12-13-14-15-16-18-25(19-23-28)27(22-24-29)21-17-20-26/h25,28-29H,2-24,26H2,1H3. The molecule has 0 aromatic heterocycles. The van der Waals surface area contributed by atoms with E-state index in [4.69, 9.17) is 5.73 Å². The smallest absolute Gasteiger partial charge is 0.0558 e. The van der Waals surface area contributed by atoms with E-state index in [2.05, 4.69) is 11.8 Å². The summed E-state index contributed by atoms with van der Waals surface area (Å²) in [5, 5.41) is 18.7. The average molecular weight is 415 g/mol. The van der Waals surface area contributed by atoms with Crippen molar-refractivity contribution in [3.05, 3.63) is 0 Å². The highest BCUT2D eigenvalue weighted by molar-refractivity contribution is 4.72. The van der Waals surface area contributed by atoms with E-state index in [-0.39, 0.29) is 13.2 Å². The van der Waals surface area contributed by atoms with Crippen molar-refractivity contribution >= 4 is 0 Å². The largest absolute Gasteiger partial charge is 0.396 e. The Kier molecular flexibility index (Phi) is 24.0. The minimum atomic E-state index is 0.186. The first-order chi connectivity index (χ1) is 14.3. The molecular formula is C25H54N2O2. The zero-order valence-electron chi connectivity index (χ0n) is 19.8. The molecule has 4 N–H and O–H groups in total. The van der Waals surface area contributed by atoms with Gasteiger partial charge in [0.05, 0.1) is 6.61 Å². The number of aliphatic hydroxyl groups is 2. The number of nitrogens with two attached hydrogens (primary N) is 1. The molecule has 0 radical (unpaired) electrons. The van der Waals surface area contributed by atoms with Crippen LogP contribution in [-0.4, -0.2) is 54.0 Å². The maximum Gasteiger partial charge on any atom is 0.0558 e. The quantitative estimate of drug-likeness (QED) is 0.179. The Labute approximate surface area is 182 Å². The highest BCUT2D eigenvalue weighted by atomic mass is 16.3. The molecule has 0 aromatic rings. The van der Waals surface area contributed by atoms with E-state index in [9.17, 15) is 10.2 Å². The van der Waals surface area contributed by atoms with Crippen LogP contribution in [0.4, 0.5) is 0 Å². The third-order valence-electron chi connectivity index (χ3n) is 6.16. The topological polar surface area (TPSA) is 69.7 Å². The molecule has 0 aliphatic rings. The van der Waals surface area contributed by atoms with Crippen molar-refractivity contribution < 1.29 is 10.2 Å². The van der Waals surface area contributed by atoms with Gasteiger partial charge in [-0.3, -0.25) is 4.90 Å². The highest BCUT2D eigenvalue weighted by Crippen LogP contribution is 2.17. The van der Waals surface area contributed by atoms with Gasteiger partial charge in [-0.1, -0.05) is 103 Å². The number of unbranched alkanes of at least 4 members (excludes halogenated alkanes) is 14. The van der Waals surface area contributed by atoms with Crippen molar-refractivity contribution in [3.63, 3.8) is 0 Å². The van der Waals surface area contributed by atoms with Gasteiger partial charge in [0.1, 0.15) is 0 Å². The monoisotopic (exact) mass is 414 g/mol. The van der Waals surface area contributed by atoms with Crippen molar-refractivity contribution in [2.24, 2.45) is 5.73 Å². The van der Waals surface area contributed by atoms with E-state index >= 15 is 0 Å². The molecule has 29 heavy (non-hydrogen) atoms. The van der Waals surface area contributed by atoms with E-state index in [1.54, 1.807) is 0 Å². The molecule has 4 heteroatoms. The van der Waals surface area contributed by atoms with Gasteiger partial charge in [0.25, 0.3) is 0 Å². The molecular weight excluding hydrogens is 360 g/mol. The fraction of sp³-hybridized carbons (Fsp3) is 1.00. The molecule has 1 atom stereocenters. The van der Waals surface area contributed by atoms with Gasteiger partial charge in [-0.25, -0.2) is 0 Å². The Morgan fingerprint density at radius 1 is 0.586 bits per heavy atom. The molecule has 0 heterocycles. The summed E-state index contributed by atoms with van der Waals surface area (Å²) in [6.45, 7) is 5.02. The molecule has 0 spiro atoms. The van der Waals surface area contributed by atoms with Crippen molar-refractivity contribution in [3.8, 4) is 0 Å². The number of nitrogens with zero attached hydrogens (tertiary/aromatic N) is 1. The van der Waals surface area contributed by atoms with Crippen LogP contribution in [0.2, 0.25) is 0 Å². The molecule has 0 aromatic carbocycles. The second-order valence-electron chi connectivity index (χ2n) is 8.81. The number of hydrogen-bond donors (Lipinski definition) is 3. The van der Waals surface area contributed by atoms with Crippen molar-refractivity contribution in [2.45, 2.75) is 129 Å². The third-order valence-corrected chi connectivity index (χ3v) is 6.16. The average Bonchev–Trinajstić information content (AvgIpc) is 2.73. The van der Waals surface area contributed by atoms with E-state index < -0.39 is 0 Å². The van der Waals surface area contributed by atoms with Crippen LogP contribution in [0.5, 0.6) is 0 Å². The van der Waals surface area contributed by atoms with Crippen LogP contribution in [0.15, 0.2) is 0 Å². The maximum atomic E-state index is 9.39. The predicted octanol–water partition coefficient (Wildman–Crippen LogP) is 5.64. The molecule has 0 bridgehead atoms. The van der Waals surface area contributed by atoms with Crippen LogP contribution in [0.1, 0.15) is 122 Å². The Morgan fingerprint density at radius 2 is 1.07 bits per heavy atom. The van der Waals surface area contributed by atoms with Crippen LogP contribution in [0, 0.1) is 0 Å². The Bertz CT molecular complexity index is 303. The molecule has 0 amide bonds. The van der Waals surface area contributed by atoms with E-state index in [1.807, 2.05) is 0 Å². The summed E-state index contributed by atoms with van der Waals surface area (Å²) in [4.78, 5) is 2.33. The molecule has 0 saturated carbocycles. The SMILES string of the molecule is CCCCCCCCCCCCCCCCCC(CCO)N(CCO)CCCN. The van der Waals surface area contributed by atoms with Crippen LogP contribution >= 0.6 is 0 Å². The van der Waals surface area contributed by atoms with E-state index in [0.717, 1.165) is 25.8 Å². The molecule has 0 rings (SSSR count). The lowest BCUT2D eigenvalue weighted by Crippen LogP contribution is -2.39. The predicted molar refractivity (Wildman–Crippen MR) is 127 cm³/mol. The first-order valence-corrected chi connectivity index (χ1v) is 13.0. The van der Waals surface area contributed by atoms with Crippen molar-refractivity contribution in [2.75, 3.05) is 32.8 Å². The van der Waals surface area contributed by atoms with Gasteiger partial charge in [0.15, 0.2) is 0 Å². The maximum absolute atomic E-state index is 9.39. The Balaban J connectivity index is 3.57. The summed E-state index contributed by atoms with van der Waals surface area (Å²) in [5.74, 6) is 0. The second-order valence-corrected chi connectivity index (χ2v) is 8.81. The van der Waals surface area contributed by atoms with Crippen LogP contribution < -0.4 is 5.73 Å². The number of aliphatic hydroxyl groups excluding tert-OH is 2. The summed E-state index contributed by atoms with van der Waals surface area (Å²) in [6.07, 6.45) is 23.7. The first kappa shape index (κ1) is 28.8.